The largest absolute Gasteiger partial charge is 0.432 e. The van der Waals surface area contributed by atoms with Gasteiger partial charge >= 0.3 is 5.97 Å². The normalized spacial score (nSPS) is 54.5. The summed E-state index contributed by atoms with van der Waals surface area (Å²) in [4.78, 5) is 15.4. The molecule has 0 unspecified atom stereocenters. The Bertz CT molecular complexity index is 2390. The monoisotopic (exact) mass is 1290 g/mol. The molecule has 10 aliphatic rings. The summed E-state index contributed by atoms with van der Waals surface area (Å²) < 4.78 is 72.1. The number of fused-ring (bicyclic) bond motifs is 3. The van der Waals surface area contributed by atoms with E-state index in [0.29, 0.717) is 50.5 Å². The van der Waals surface area contributed by atoms with Gasteiger partial charge in [-0.05, 0) is 86.5 Å². The van der Waals surface area contributed by atoms with E-state index in [-0.39, 0.29) is 18.8 Å². The number of aliphatic hydroxyl groups excluding tert-OH is 20. The minimum atomic E-state index is -2.08. The van der Waals surface area contributed by atoms with Crippen LogP contribution in [-0.2, 0) is 61.6 Å². The fourth-order valence-corrected chi connectivity index (χ4v) is 16.3. The molecule has 6 saturated heterocycles. The second-order valence-electron chi connectivity index (χ2n) is 26.5. The molecule has 0 radical (unpaired) electrons. The topological polar surface area (TPSA) is 532 Å². The van der Waals surface area contributed by atoms with Crippen LogP contribution in [0.2, 0.25) is 0 Å². The first-order chi connectivity index (χ1) is 42.1. The molecule has 6 aliphatic heterocycles. The third-order valence-electron chi connectivity index (χ3n) is 21.3. The molecule has 2 bridgehead atoms. The first-order valence-electron chi connectivity index (χ1n) is 30.4. The second-order valence-corrected chi connectivity index (χ2v) is 26.5. The van der Waals surface area contributed by atoms with Gasteiger partial charge in [0.15, 0.2) is 37.6 Å². The van der Waals surface area contributed by atoms with Crippen molar-refractivity contribution in [3.63, 3.8) is 0 Å². The van der Waals surface area contributed by atoms with Crippen molar-refractivity contribution in [3.05, 3.63) is 12.2 Å². The summed E-state index contributed by atoms with van der Waals surface area (Å²) in [6.07, 6.45) is -50.9. The first-order valence-corrected chi connectivity index (χ1v) is 30.4. The quantitative estimate of drug-likeness (QED) is 0.0344. The summed E-state index contributed by atoms with van der Waals surface area (Å²) in [5.74, 6) is -1.41. The number of ether oxygens (including phenoxy) is 12. The van der Waals surface area contributed by atoms with Crippen molar-refractivity contribution in [2.24, 2.45) is 28.1 Å². The zero-order valence-corrected chi connectivity index (χ0v) is 49.0. The van der Waals surface area contributed by atoms with Crippen molar-refractivity contribution < 1.29 is 164 Å². The average molecular weight is 1290 g/mol. The molecular weight excluding hydrogens is 1200 g/mol. The van der Waals surface area contributed by atoms with Crippen LogP contribution in [0.3, 0.4) is 0 Å². The number of esters is 1. The number of aliphatic hydroxyl groups is 20. The molecule has 0 aromatic rings. The SMILES string of the molecule is C=C1C[C@@]23CC[C@H]4[C@@](C)(CCC[C@@]4(C)C(=O)O[C@@H]4O[C@H](CO)[C@@H](O)[C@H](O[C@@H]5O[C@H](CO)[C@@H](O)[C@H](O)[C@H]5O)[C@H]4O[C@@H]4O[C@H](CO)[C@@H](O)[C@H](O)[C@H]4O)[C@@H]2CC[C@]1(O[C@@H]1O[C@H](CO[C@@H]2O[C@H](CO)[C@@H](O)[C@H](O)[C@H]2O)[C@@H](O)[C@H](O)[C@H]1O[C@@H]1O[C@H](CO)[C@@H](O)[C@H](O)[C@H]1O)C3. The highest BCUT2D eigenvalue weighted by molar-refractivity contribution is 5.77. The van der Waals surface area contributed by atoms with E-state index in [1.54, 1.807) is 6.92 Å². The summed E-state index contributed by atoms with van der Waals surface area (Å²) in [6.45, 7) is 3.35. The third-order valence-corrected chi connectivity index (χ3v) is 21.3. The van der Waals surface area contributed by atoms with Gasteiger partial charge < -0.3 is 159 Å². The van der Waals surface area contributed by atoms with Crippen LogP contribution in [0.1, 0.15) is 71.6 Å². The predicted octanol–water partition coefficient (Wildman–Crippen LogP) is -9.47. The van der Waals surface area contributed by atoms with Crippen LogP contribution in [0.25, 0.3) is 0 Å². The Morgan fingerprint density at radius 2 is 0.865 bits per heavy atom. The van der Waals surface area contributed by atoms with Gasteiger partial charge in [-0.2, -0.15) is 0 Å². The highest BCUT2D eigenvalue weighted by Crippen LogP contribution is 2.74. The smallest absolute Gasteiger partial charge is 0.314 e. The van der Waals surface area contributed by atoms with Crippen molar-refractivity contribution >= 4 is 5.97 Å². The number of hydrogen-bond acceptors (Lipinski definition) is 33. The van der Waals surface area contributed by atoms with E-state index in [4.69, 9.17) is 56.8 Å². The maximum Gasteiger partial charge on any atom is 0.314 e. The molecule has 6 heterocycles. The Morgan fingerprint density at radius 3 is 1.37 bits per heavy atom. The van der Waals surface area contributed by atoms with Gasteiger partial charge in [0.2, 0.25) is 6.29 Å². The summed E-state index contributed by atoms with van der Waals surface area (Å²) in [5, 5.41) is 214. The van der Waals surface area contributed by atoms with Crippen LogP contribution in [0.4, 0.5) is 0 Å². The van der Waals surface area contributed by atoms with Gasteiger partial charge in [0, 0.05) is 0 Å². The molecular formula is C56H90O33. The number of carbonyl (C=O) groups is 1. The van der Waals surface area contributed by atoms with Gasteiger partial charge in [0.25, 0.3) is 0 Å². The molecule has 512 valence electrons. The Balaban J connectivity index is 0.902. The molecule has 0 aromatic carbocycles. The lowest BCUT2D eigenvalue weighted by Crippen LogP contribution is -2.67. The second kappa shape index (κ2) is 27.2. The molecule has 0 aromatic heterocycles. The summed E-state index contributed by atoms with van der Waals surface area (Å²) in [7, 11) is 0. The lowest BCUT2D eigenvalue weighted by Gasteiger charge is -2.64. The van der Waals surface area contributed by atoms with Crippen LogP contribution in [0, 0.1) is 28.1 Å². The number of rotatable bonds is 18. The van der Waals surface area contributed by atoms with E-state index in [1.807, 2.05) is 0 Å². The van der Waals surface area contributed by atoms with Crippen LogP contribution in [0.5, 0.6) is 0 Å². The van der Waals surface area contributed by atoms with Gasteiger partial charge in [0.05, 0.1) is 50.7 Å². The molecule has 36 atom stereocenters. The molecule has 20 N–H and O–H groups in total. The van der Waals surface area contributed by atoms with Gasteiger partial charge in [-0.1, -0.05) is 19.9 Å². The van der Waals surface area contributed by atoms with Crippen LogP contribution >= 0.6 is 0 Å². The molecule has 33 heteroatoms. The molecule has 1 spiro atoms. The fraction of sp³-hybridized carbons (Fsp3) is 0.946. The maximum atomic E-state index is 15.4. The van der Waals surface area contributed by atoms with E-state index in [2.05, 4.69) is 13.5 Å². The van der Waals surface area contributed by atoms with E-state index in [0.717, 1.165) is 0 Å². The third kappa shape index (κ3) is 12.4. The number of hydrogen-bond donors (Lipinski definition) is 20. The van der Waals surface area contributed by atoms with Crippen molar-refractivity contribution in [1.82, 2.24) is 0 Å². The van der Waals surface area contributed by atoms with Gasteiger partial charge in [-0.25, -0.2) is 0 Å². The van der Waals surface area contributed by atoms with Gasteiger partial charge in [0.1, 0.15) is 140 Å². The maximum absolute atomic E-state index is 15.4. The molecule has 10 rings (SSSR count). The summed E-state index contributed by atoms with van der Waals surface area (Å²) in [6, 6.07) is 0. The molecule has 4 saturated carbocycles. The van der Waals surface area contributed by atoms with Crippen molar-refractivity contribution in [1.29, 1.82) is 0 Å². The predicted molar refractivity (Wildman–Crippen MR) is 284 cm³/mol. The van der Waals surface area contributed by atoms with Gasteiger partial charge in [-0.3, -0.25) is 4.79 Å². The lowest BCUT2D eigenvalue weighted by atomic mass is 9.41. The van der Waals surface area contributed by atoms with Crippen molar-refractivity contribution in [2.45, 2.75) is 261 Å². The van der Waals surface area contributed by atoms with E-state index < -0.39 is 258 Å². The van der Waals surface area contributed by atoms with Crippen LogP contribution < -0.4 is 0 Å². The van der Waals surface area contributed by atoms with E-state index >= 15 is 4.79 Å². The standard InChI is InChI=1S/C56H90O33/c1-19-11-55-9-5-26-53(2,7-4-8-54(26,3)52(77)88-50-45(87-49-42(76)37(71)31(65)23(15-60)82-49)43(33(67)24(16-61)83-50)85-47-40(74)35(69)29(63)21(13-58)80-47)27(55)6-10-56(19,18-55)89-51-44(86-48-41(75)36(70)30(64)22(14-59)81-48)38(72)32(66)25(84-51)17-78-46-39(73)34(68)28(62)20(12-57)79-46/h20-51,57-76H,1,4-18H2,2-3H3/t20-,21-,22-,23-,24-,25-,26+,27+,28-,29-,30-,31-,32-,33-,34+,35+,36+,37+,38+,39-,40-,41-,42-,43+,44-,45-,46-,47+,48+,49+,50+,51+,53-,54-,55-,56+/m1/s1. The zero-order valence-electron chi connectivity index (χ0n) is 49.0. The highest BCUT2D eigenvalue weighted by Gasteiger charge is 2.70. The molecule has 0 amide bonds. The minimum absolute atomic E-state index is 0.142. The van der Waals surface area contributed by atoms with Gasteiger partial charge in [-0.15, -0.1) is 0 Å². The Hall–Kier alpha value is -2.03. The van der Waals surface area contributed by atoms with Crippen LogP contribution in [0.15, 0.2) is 12.2 Å². The molecule has 33 nitrogen and oxygen atoms in total. The Labute approximate surface area is 509 Å². The average Bonchev–Trinajstić information content (AvgIpc) is 1.61. The lowest BCUT2D eigenvalue weighted by molar-refractivity contribution is -0.389. The Morgan fingerprint density at radius 1 is 0.449 bits per heavy atom. The molecule has 4 aliphatic carbocycles. The molecule has 10 fully saturated rings. The number of carbonyl (C=O) groups excluding carboxylic acids is 1. The minimum Gasteiger partial charge on any atom is -0.432 e. The fourth-order valence-electron chi connectivity index (χ4n) is 16.3. The van der Waals surface area contributed by atoms with Crippen molar-refractivity contribution in [3.8, 4) is 0 Å². The van der Waals surface area contributed by atoms with Crippen LogP contribution in [-0.4, -0.2) is 338 Å². The Kier molecular flexibility index (Phi) is 21.4. The molecule has 89 heavy (non-hydrogen) atoms. The first kappa shape index (κ1) is 69.8. The van der Waals surface area contributed by atoms with Crippen molar-refractivity contribution in [2.75, 3.05) is 39.6 Å². The van der Waals surface area contributed by atoms with E-state index in [9.17, 15) is 102 Å². The summed E-state index contributed by atoms with van der Waals surface area (Å²) in [5.41, 5.74) is -3.17. The van der Waals surface area contributed by atoms with E-state index in [1.165, 1.54) is 0 Å². The highest BCUT2D eigenvalue weighted by atomic mass is 16.8. The zero-order chi connectivity index (χ0) is 64.7. The summed E-state index contributed by atoms with van der Waals surface area (Å²) >= 11 is 0.